The normalized spacial score (nSPS) is 14.7. The predicted molar refractivity (Wildman–Crippen MR) is 44.6 cm³/mol. The van der Waals surface area contributed by atoms with Gasteiger partial charge in [-0.25, -0.2) is 9.13 Å². The molecule has 0 aromatic carbocycles. The fourth-order valence-electron chi connectivity index (χ4n) is 0.554. The van der Waals surface area contributed by atoms with Crippen LogP contribution in [0.15, 0.2) is 0 Å². The maximum absolute atomic E-state index is 12.0. The molecule has 19 heavy (non-hydrogen) atoms. The molecule has 1 N–H and O–H groups in total. The first kappa shape index (κ1) is 18.8. The summed E-state index contributed by atoms with van der Waals surface area (Å²) in [5.41, 5.74) is 0. The molecule has 0 aromatic rings. The fourth-order valence-corrected chi connectivity index (χ4v) is 2.86. The van der Waals surface area contributed by atoms with Crippen LogP contribution in [-0.4, -0.2) is 25.6 Å². The van der Waals surface area contributed by atoms with Gasteiger partial charge in [-0.1, -0.05) is 0 Å². The van der Waals surface area contributed by atoms with Gasteiger partial charge in [0.2, 0.25) is 0 Å². The molecule has 0 heterocycles. The van der Waals surface area contributed by atoms with Crippen LogP contribution in [0.25, 0.3) is 0 Å². The molecule has 15 heteroatoms. The van der Waals surface area contributed by atoms with Gasteiger partial charge in [0.25, 0.3) is 0 Å². The molecule has 0 amide bonds. The molecular weight excluding hydrogens is 340 g/mol. The van der Waals surface area contributed by atoms with E-state index >= 15 is 0 Å². The molecule has 0 saturated carbocycles. The van der Waals surface area contributed by atoms with Crippen molar-refractivity contribution in [2.75, 3.05) is 13.2 Å². The lowest BCUT2D eigenvalue weighted by Crippen LogP contribution is -2.23. The van der Waals surface area contributed by atoms with Crippen LogP contribution in [-0.2, 0) is 18.2 Å². The second kappa shape index (κ2) is 6.04. The fraction of sp³-hybridized carbons (Fsp3) is 1.00. The molecule has 0 atom stereocenters. The molecule has 0 aliphatic heterocycles. The third-order valence-electron chi connectivity index (χ3n) is 1.04. The van der Waals surface area contributed by atoms with Crippen molar-refractivity contribution >= 4 is 15.7 Å². The molecule has 116 valence electrons. The van der Waals surface area contributed by atoms with Crippen LogP contribution in [0.5, 0.6) is 0 Å². The van der Waals surface area contributed by atoms with Crippen LogP contribution >= 0.6 is 15.7 Å². The van der Waals surface area contributed by atoms with Crippen LogP contribution in [0, 0.1) is 0 Å². The van der Waals surface area contributed by atoms with E-state index in [1.54, 1.807) is 0 Å². The Hall–Kier alpha value is -0.220. The van der Waals surface area contributed by atoms with Gasteiger partial charge in [-0.15, -0.1) is 13.3 Å². The number of hydrogen-bond acceptors (Lipinski definition) is 4. The maximum Gasteiger partial charge on any atom is 0.489 e. The molecule has 0 unspecified atom stereocenters. The highest BCUT2D eigenvalue weighted by Crippen LogP contribution is 2.59. The molecule has 0 rings (SSSR count). The van der Waals surface area contributed by atoms with Gasteiger partial charge >= 0.3 is 28.0 Å². The van der Waals surface area contributed by atoms with Crippen LogP contribution in [0.4, 0.5) is 34.7 Å². The molecule has 0 aromatic heterocycles. The lowest BCUT2D eigenvalue weighted by Gasteiger charge is -2.19. The van der Waals surface area contributed by atoms with Crippen molar-refractivity contribution in [2.45, 2.75) is 12.4 Å². The summed E-state index contributed by atoms with van der Waals surface area (Å²) >= 11 is 0. The van der Waals surface area contributed by atoms with Gasteiger partial charge in [-0.2, -0.15) is 26.3 Å². The molecule has 0 fully saturated rings. The predicted octanol–water partition coefficient (Wildman–Crippen LogP) is 3.89. The quantitative estimate of drug-likeness (QED) is 0.585. The van der Waals surface area contributed by atoms with E-state index in [-0.39, 0.29) is 4.86 Å². The first-order chi connectivity index (χ1) is 8.12. The minimum atomic E-state index is -6.45. The van der Waals surface area contributed by atoms with Crippen LogP contribution in [0.1, 0.15) is 0 Å². The smallest absolute Gasteiger partial charge is 0.287 e. The van der Waals surface area contributed by atoms with Crippen molar-refractivity contribution in [3.63, 3.8) is 0 Å². The molecule has 0 aliphatic carbocycles. The van der Waals surface area contributed by atoms with Crippen LogP contribution in [0.2, 0.25) is 0 Å². The minimum absolute atomic E-state index is 0.211. The molecule has 0 bridgehead atoms. The summed E-state index contributed by atoms with van der Waals surface area (Å²) in [4.78, 5) is 0.211. The van der Waals surface area contributed by atoms with Gasteiger partial charge in [0, 0.05) is 0 Å². The van der Waals surface area contributed by atoms with Crippen molar-refractivity contribution in [2.24, 2.45) is 0 Å². The second-order valence-electron chi connectivity index (χ2n) is 2.84. The van der Waals surface area contributed by atoms with Crippen molar-refractivity contribution in [1.29, 1.82) is 0 Å². The maximum atomic E-state index is 12.0. The Morgan fingerprint density at radius 1 is 0.842 bits per heavy atom. The summed E-state index contributed by atoms with van der Waals surface area (Å²) in [5, 5.41) is 0. The summed E-state index contributed by atoms with van der Waals surface area (Å²) < 4.78 is 122. The highest BCUT2D eigenvalue weighted by molar-refractivity contribution is 7.67. The number of hydrogen-bond donors (Lipinski definition) is 1. The zero-order valence-electron chi connectivity index (χ0n) is 8.47. The van der Waals surface area contributed by atoms with Crippen molar-refractivity contribution in [3.8, 4) is 0 Å². The number of rotatable bonds is 6. The summed E-state index contributed by atoms with van der Waals surface area (Å²) in [6, 6.07) is 0. The van der Waals surface area contributed by atoms with Crippen molar-refractivity contribution in [1.82, 2.24) is 4.86 Å². The first-order valence-electron chi connectivity index (χ1n) is 3.93. The van der Waals surface area contributed by atoms with Gasteiger partial charge < -0.3 is 0 Å². The van der Waals surface area contributed by atoms with Crippen molar-refractivity contribution < 1.29 is 52.9 Å². The molecular formula is C4H5F8NO4P2. The zero-order chi connectivity index (χ0) is 15.5. The topological polar surface area (TPSA) is 64.6 Å². The average molecular weight is 345 g/mol. The molecule has 0 radical (unpaired) electrons. The first-order valence-corrected chi connectivity index (χ1v) is 6.97. The van der Waals surface area contributed by atoms with Gasteiger partial charge in [0.05, 0.1) is 0 Å². The van der Waals surface area contributed by atoms with E-state index < -0.39 is 41.2 Å². The number of nitrogens with one attached hydrogen (secondary N) is 1. The van der Waals surface area contributed by atoms with E-state index in [4.69, 9.17) is 0 Å². The summed E-state index contributed by atoms with van der Waals surface area (Å²) in [6.45, 7) is -4.87. The Morgan fingerprint density at radius 2 is 1.16 bits per heavy atom. The Morgan fingerprint density at radius 3 is 1.37 bits per heavy atom. The van der Waals surface area contributed by atoms with E-state index in [1.165, 1.54) is 0 Å². The van der Waals surface area contributed by atoms with E-state index in [2.05, 4.69) is 9.05 Å². The summed E-state index contributed by atoms with van der Waals surface area (Å²) in [6.07, 6.45) is -10.3. The van der Waals surface area contributed by atoms with Gasteiger partial charge in [0.15, 0.2) is 13.2 Å². The third kappa shape index (κ3) is 11.3. The molecule has 5 nitrogen and oxygen atoms in total. The Labute approximate surface area is 100 Å². The van der Waals surface area contributed by atoms with Crippen LogP contribution < -0.4 is 4.86 Å². The molecule has 0 saturated heterocycles. The largest absolute Gasteiger partial charge is 0.489 e. The summed E-state index contributed by atoms with van der Waals surface area (Å²) in [5.74, 6) is 0. The number of alkyl halides is 6. The molecule has 0 spiro atoms. The average Bonchev–Trinajstić information content (AvgIpc) is 2.07. The van der Waals surface area contributed by atoms with E-state index in [1.807, 2.05) is 0 Å². The van der Waals surface area contributed by atoms with E-state index in [0.717, 1.165) is 0 Å². The van der Waals surface area contributed by atoms with E-state index in [0.29, 0.717) is 0 Å². The van der Waals surface area contributed by atoms with Gasteiger partial charge in [0.1, 0.15) is 0 Å². The summed E-state index contributed by atoms with van der Waals surface area (Å²) in [7, 11) is -12.2. The Bertz CT molecular complexity index is 365. The van der Waals surface area contributed by atoms with Crippen LogP contribution in [0.3, 0.4) is 0 Å². The minimum Gasteiger partial charge on any atom is -0.287 e. The van der Waals surface area contributed by atoms with Gasteiger partial charge in [-0.05, 0) is 0 Å². The monoisotopic (exact) mass is 345 g/mol. The highest BCUT2D eigenvalue weighted by atomic mass is 31.3. The van der Waals surface area contributed by atoms with Crippen molar-refractivity contribution in [3.05, 3.63) is 0 Å². The Balaban J connectivity index is 4.83. The lowest BCUT2D eigenvalue weighted by molar-refractivity contribution is -0.165. The zero-order valence-corrected chi connectivity index (χ0v) is 10.3. The SMILES string of the molecule is O=P(F)(F)NP(=O)(OCC(F)(F)F)OCC(F)(F)F. The molecule has 0 aliphatic rings. The third-order valence-corrected chi connectivity index (χ3v) is 3.88. The van der Waals surface area contributed by atoms with E-state index in [9.17, 15) is 43.9 Å². The second-order valence-corrected chi connectivity index (χ2v) is 6.07. The number of halogens is 8. The highest BCUT2D eigenvalue weighted by Gasteiger charge is 2.43. The lowest BCUT2D eigenvalue weighted by atomic mass is 10.7. The Kier molecular flexibility index (Phi) is 5.97. The van der Waals surface area contributed by atoms with Gasteiger partial charge in [-0.3, -0.25) is 9.05 Å². The standard InChI is InChI=1S/C4H5F8NO4P2/c5-3(6,7)1-16-19(15,13-18(11,12)14)17-2-4(8,9)10/h1-2H2,(H,13,14,15).